The van der Waals surface area contributed by atoms with Gasteiger partial charge in [-0.05, 0) is 42.0 Å². The number of hydrogen-bond acceptors (Lipinski definition) is 5. The Morgan fingerprint density at radius 3 is 2.14 bits per heavy atom. The number of ether oxygens (including phenoxy) is 2. The Morgan fingerprint density at radius 1 is 0.793 bits per heavy atom. The number of nitrogens with one attached hydrogen (secondary N) is 2. The van der Waals surface area contributed by atoms with Crippen LogP contribution in [-0.2, 0) is 20.9 Å². The lowest BCUT2D eigenvalue weighted by atomic mass is 10.2. The third kappa shape index (κ3) is 7.08. The van der Waals surface area contributed by atoms with Gasteiger partial charge >= 0.3 is 0 Å². The maximum atomic E-state index is 11.9. The van der Waals surface area contributed by atoms with Crippen molar-refractivity contribution in [2.75, 3.05) is 23.8 Å². The largest absolute Gasteiger partial charge is 0.489 e. The highest BCUT2D eigenvalue weighted by molar-refractivity contribution is 5.93. The van der Waals surface area contributed by atoms with Gasteiger partial charge in [-0.25, -0.2) is 0 Å². The molecular weight excluding hydrogens is 370 g/mol. The van der Waals surface area contributed by atoms with E-state index < -0.39 is 0 Å². The number of carbonyl (C=O) groups is 2. The number of benzene rings is 2. The van der Waals surface area contributed by atoms with E-state index in [0.29, 0.717) is 23.7 Å². The SMILES string of the molecule is O=C(COCC(=O)Nc1cccnc1)Nc1ccc(OCc2ccccc2)cc1. The van der Waals surface area contributed by atoms with Crippen LogP contribution in [0.4, 0.5) is 11.4 Å². The van der Waals surface area contributed by atoms with E-state index in [1.54, 1.807) is 42.6 Å². The molecule has 0 bridgehead atoms. The van der Waals surface area contributed by atoms with Gasteiger partial charge in [0.05, 0.1) is 11.9 Å². The zero-order chi connectivity index (χ0) is 20.3. The van der Waals surface area contributed by atoms with Crippen molar-refractivity contribution >= 4 is 23.2 Å². The van der Waals surface area contributed by atoms with E-state index in [1.807, 2.05) is 30.3 Å². The Morgan fingerprint density at radius 2 is 1.48 bits per heavy atom. The van der Waals surface area contributed by atoms with Crippen LogP contribution in [0, 0.1) is 0 Å². The number of aromatic nitrogens is 1. The molecule has 0 aliphatic heterocycles. The minimum Gasteiger partial charge on any atom is -0.489 e. The molecular formula is C22H21N3O4. The van der Waals surface area contributed by atoms with Crippen LogP contribution in [-0.4, -0.2) is 30.0 Å². The molecule has 1 heterocycles. The fourth-order valence-electron chi connectivity index (χ4n) is 2.44. The van der Waals surface area contributed by atoms with E-state index in [1.165, 1.54) is 6.20 Å². The third-order valence-corrected chi connectivity index (χ3v) is 3.80. The summed E-state index contributed by atoms with van der Waals surface area (Å²) >= 11 is 0. The van der Waals surface area contributed by atoms with Crippen molar-refractivity contribution in [3.8, 4) is 5.75 Å². The molecule has 7 heteroatoms. The average molecular weight is 391 g/mol. The van der Waals surface area contributed by atoms with Crippen LogP contribution in [0.5, 0.6) is 5.75 Å². The second kappa shape index (κ2) is 10.6. The van der Waals surface area contributed by atoms with Crippen molar-refractivity contribution < 1.29 is 19.1 Å². The second-order valence-corrected chi connectivity index (χ2v) is 6.13. The lowest BCUT2D eigenvalue weighted by Gasteiger charge is -2.09. The Labute approximate surface area is 168 Å². The standard InChI is InChI=1S/C22H21N3O4/c26-21(15-28-16-22(27)25-19-7-4-12-23-13-19)24-18-8-10-20(11-9-18)29-14-17-5-2-1-3-6-17/h1-13H,14-16H2,(H,24,26)(H,25,27). The van der Waals surface area contributed by atoms with Crippen LogP contribution in [0.25, 0.3) is 0 Å². The predicted molar refractivity (Wildman–Crippen MR) is 110 cm³/mol. The molecule has 3 rings (SSSR count). The summed E-state index contributed by atoms with van der Waals surface area (Å²) < 4.78 is 10.8. The minimum absolute atomic E-state index is 0.228. The summed E-state index contributed by atoms with van der Waals surface area (Å²) in [5, 5.41) is 5.33. The number of carbonyl (C=O) groups excluding carboxylic acids is 2. The molecule has 0 aliphatic carbocycles. The molecule has 0 fully saturated rings. The molecule has 0 atom stereocenters. The Bertz CT molecular complexity index is 916. The molecule has 1 aromatic heterocycles. The number of amides is 2. The Hall–Kier alpha value is -3.71. The van der Waals surface area contributed by atoms with E-state index >= 15 is 0 Å². The zero-order valence-corrected chi connectivity index (χ0v) is 15.7. The van der Waals surface area contributed by atoms with Crippen LogP contribution < -0.4 is 15.4 Å². The zero-order valence-electron chi connectivity index (χ0n) is 15.7. The summed E-state index contributed by atoms with van der Waals surface area (Å²) in [5.41, 5.74) is 2.26. The third-order valence-electron chi connectivity index (χ3n) is 3.80. The molecule has 0 spiro atoms. The summed E-state index contributed by atoms with van der Waals surface area (Å²) in [6, 6.07) is 20.3. The molecule has 0 radical (unpaired) electrons. The maximum Gasteiger partial charge on any atom is 0.250 e. The van der Waals surface area contributed by atoms with Gasteiger partial charge in [-0.15, -0.1) is 0 Å². The lowest BCUT2D eigenvalue weighted by molar-refractivity contribution is -0.125. The summed E-state index contributed by atoms with van der Waals surface area (Å²) in [4.78, 5) is 27.6. The fourth-order valence-corrected chi connectivity index (χ4v) is 2.44. The van der Waals surface area contributed by atoms with E-state index in [2.05, 4.69) is 15.6 Å². The van der Waals surface area contributed by atoms with E-state index in [-0.39, 0.29) is 25.0 Å². The molecule has 0 saturated heterocycles. The van der Waals surface area contributed by atoms with E-state index in [4.69, 9.17) is 9.47 Å². The first-order valence-corrected chi connectivity index (χ1v) is 9.03. The van der Waals surface area contributed by atoms with Crippen LogP contribution >= 0.6 is 0 Å². The average Bonchev–Trinajstić information content (AvgIpc) is 2.75. The molecule has 7 nitrogen and oxygen atoms in total. The van der Waals surface area contributed by atoms with E-state index in [9.17, 15) is 9.59 Å². The van der Waals surface area contributed by atoms with Gasteiger partial charge < -0.3 is 20.1 Å². The first-order chi connectivity index (χ1) is 14.2. The maximum absolute atomic E-state index is 11.9. The highest BCUT2D eigenvalue weighted by Gasteiger charge is 2.07. The predicted octanol–water partition coefficient (Wildman–Crippen LogP) is 3.25. The van der Waals surface area contributed by atoms with Gasteiger partial charge in [0, 0.05) is 11.9 Å². The smallest absolute Gasteiger partial charge is 0.250 e. The van der Waals surface area contributed by atoms with Gasteiger partial charge in [-0.1, -0.05) is 30.3 Å². The molecule has 3 aromatic rings. The molecule has 0 aliphatic rings. The summed E-state index contributed by atoms with van der Waals surface area (Å²) in [5.74, 6) is -0.00183. The van der Waals surface area contributed by atoms with Gasteiger partial charge in [0.1, 0.15) is 25.6 Å². The van der Waals surface area contributed by atoms with Crippen LogP contribution in [0.1, 0.15) is 5.56 Å². The van der Waals surface area contributed by atoms with Gasteiger partial charge in [0.15, 0.2) is 0 Å². The molecule has 0 saturated carbocycles. The highest BCUT2D eigenvalue weighted by Crippen LogP contribution is 2.17. The summed E-state index contributed by atoms with van der Waals surface area (Å²) in [6.07, 6.45) is 3.14. The van der Waals surface area contributed by atoms with E-state index in [0.717, 1.165) is 5.56 Å². The molecule has 2 aromatic carbocycles. The number of anilines is 2. The minimum atomic E-state index is -0.356. The normalized spacial score (nSPS) is 10.2. The van der Waals surface area contributed by atoms with Crippen molar-refractivity contribution in [1.29, 1.82) is 0 Å². The van der Waals surface area contributed by atoms with Crippen molar-refractivity contribution in [2.45, 2.75) is 6.61 Å². The number of nitrogens with zero attached hydrogens (tertiary/aromatic N) is 1. The van der Waals surface area contributed by atoms with Crippen molar-refractivity contribution in [3.63, 3.8) is 0 Å². The first kappa shape index (κ1) is 20.0. The van der Waals surface area contributed by atoms with Crippen molar-refractivity contribution in [2.24, 2.45) is 0 Å². The van der Waals surface area contributed by atoms with Crippen molar-refractivity contribution in [3.05, 3.63) is 84.7 Å². The van der Waals surface area contributed by atoms with Gasteiger partial charge in [-0.3, -0.25) is 14.6 Å². The first-order valence-electron chi connectivity index (χ1n) is 9.03. The lowest BCUT2D eigenvalue weighted by Crippen LogP contribution is -2.23. The Balaban J connectivity index is 1.36. The Kier molecular flexibility index (Phi) is 7.31. The molecule has 2 amide bonds. The number of rotatable bonds is 9. The van der Waals surface area contributed by atoms with Gasteiger partial charge in [-0.2, -0.15) is 0 Å². The van der Waals surface area contributed by atoms with Gasteiger partial charge in [0.25, 0.3) is 0 Å². The quantitative estimate of drug-likeness (QED) is 0.584. The van der Waals surface area contributed by atoms with Gasteiger partial charge in [0.2, 0.25) is 11.8 Å². The van der Waals surface area contributed by atoms with Crippen LogP contribution in [0.3, 0.4) is 0 Å². The molecule has 2 N–H and O–H groups in total. The monoisotopic (exact) mass is 391 g/mol. The highest BCUT2D eigenvalue weighted by atomic mass is 16.5. The molecule has 148 valence electrons. The summed E-state index contributed by atoms with van der Waals surface area (Å²) in [6.45, 7) is 0.0167. The molecule has 29 heavy (non-hydrogen) atoms. The topological polar surface area (TPSA) is 89.6 Å². The van der Waals surface area contributed by atoms with Crippen LogP contribution in [0.2, 0.25) is 0 Å². The number of hydrogen-bond donors (Lipinski definition) is 2. The fraction of sp³-hybridized carbons (Fsp3) is 0.136. The van der Waals surface area contributed by atoms with Crippen molar-refractivity contribution in [1.82, 2.24) is 4.98 Å². The summed E-state index contributed by atoms with van der Waals surface area (Å²) in [7, 11) is 0. The molecule has 0 unspecified atom stereocenters. The number of pyridine rings is 1. The van der Waals surface area contributed by atoms with Crippen LogP contribution in [0.15, 0.2) is 79.1 Å². The second-order valence-electron chi connectivity index (χ2n) is 6.13.